The first-order valence-corrected chi connectivity index (χ1v) is 6.05. The molecule has 100 valence electrons. The topological polar surface area (TPSA) is 63.8 Å². The van der Waals surface area contributed by atoms with E-state index in [-0.39, 0.29) is 5.56 Å². The van der Waals surface area contributed by atoms with Gasteiger partial charge in [-0.3, -0.25) is 0 Å². The molecule has 20 heavy (non-hydrogen) atoms. The molecule has 0 fully saturated rings. The monoisotopic (exact) mass is 268 g/mol. The van der Waals surface area contributed by atoms with Gasteiger partial charge in [-0.05, 0) is 18.2 Å². The van der Waals surface area contributed by atoms with Gasteiger partial charge in [0.15, 0.2) is 0 Å². The molecule has 0 saturated heterocycles. The highest BCUT2D eigenvalue weighted by Crippen LogP contribution is 2.32. The summed E-state index contributed by atoms with van der Waals surface area (Å²) in [4.78, 5) is 11.5. The average molecular weight is 268 g/mol. The summed E-state index contributed by atoms with van der Waals surface area (Å²) in [5, 5.41) is 13.6. The molecule has 1 aromatic carbocycles. The van der Waals surface area contributed by atoms with Crippen molar-refractivity contribution in [2.45, 2.75) is 0 Å². The lowest BCUT2D eigenvalue weighted by molar-refractivity contribution is 0.0697. The molecule has 0 radical (unpaired) electrons. The summed E-state index contributed by atoms with van der Waals surface area (Å²) >= 11 is 0. The van der Waals surface area contributed by atoms with Crippen molar-refractivity contribution in [3.05, 3.63) is 54.4 Å². The molecule has 5 nitrogen and oxygen atoms in total. The summed E-state index contributed by atoms with van der Waals surface area (Å²) in [5.74, 6) is -0.351. The van der Waals surface area contributed by atoms with Crippen molar-refractivity contribution in [3.8, 4) is 16.9 Å². The van der Waals surface area contributed by atoms with Crippen LogP contribution in [-0.2, 0) is 0 Å². The number of rotatable bonds is 3. The van der Waals surface area contributed by atoms with E-state index in [9.17, 15) is 9.90 Å². The Balaban J connectivity index is 2.33. The number of pyridine rings is 1. The van der Waals surface area contributed by atoms with E-state index >= 15 is 0 Å². The van der Waals surface area contributed by atoms with Crippen LogP contribution >= 0.6 is 0 Å². The minimum Gasteiger partial charge on any atom is -0.496 e. The standard InChI is InChI=1S/C15H12N2O3/c1-20-14-5-3-2-4-11(14)13-9-17-10(6-7-16-17)8-12(13)15(18)19/h2-9H,1H3,(H,18,19). The second-order valence-electron chi connectivity index (χ2n) is 4.31. The number of methoxy groups -OCH3 is 1. The van der Waals surface area contributed by atoms with Crippen LogP contribution in [0.4, 0.5) is 0 Å². The van der Waals surface area contributed by atoms with Crippen molar-refractivity contribution in [2.75, 3.05) is 7.11 Å². The fraction of sp³-hybridized carbons (Fsp3) is 0.0667. The molecule has 0 saturated carbocycles. The van der Waals surface area contributed by atoms with Crippen molar-refractivity contribution >= 4 is 11.5 Å². The number of hydrogen-bond acceptors (Lipinski definition) is 3. The maximum absolute atomic E-state index is 11.5. The van der Waals surface area contributed by atoms with Crippen molar-refractivity contribution < 1.29 is 14.6 Å². The summed E-state index contributed by atoms with van der Waals surface area (Å²) < 4.78 is 6.95. The van der Waals surface area contributed by atoms with Crippen LogP contribution in [0.5, 0.6) is 5.75 Å². The summed E-state index contributed by atoms with van der Waals surface area (Å²) in [6.07, 6.45) is 3.34. The maximum atomic E-state index is 11.5. The minimum atomic E-state index is -0.977. The number of carboxylic acid groups (broad SMARTS) is 1. The quantitative estimate of drug-likeness (QED) is 0.793. The Bertz CT molecular complexity index is 793. The zero-order valence-corrected chi connectivity index (χ0v) is 10.8. The van der Waals surface area contributed by atoms with Crippen molar-refractivity contribution in [1.29, 1.82) is 0 Å². The van der Waals surface area contributed by atoms with Gasteiger partial charge in [0, 0.05) is 23.5 Å². The van der Waals surface area contributed by atoms with Crippen LogP contribution in [0.1, 0.15) is 10.4 Å². The molecule has 0 spiro atoms. The lowest BCUT2D eigenvalue weighted by atomic mass is 10.0. The number of aromatic nitrogens is 2. The molecule has 0 amide bonds. The second-order valence-corrected chi connectivity index (χ2v) is 4.31. The molecule has 1 N–H and O–H groups in total. The third-order valence-corrected chi connectivity index (χ3v) is 3.16. The van der Waals surface area contributed by atoms with E-state index in [4.69, 9.17) is 4.74 Å². The molecular weight excluding hydrogens is 256 g/mol. The molecular formula is C15H12N2O3. The third-order valence-electron chi connectivity index (χ3n) is 3.16. The average Bonchev–Trinajstić information content (AvgIpc) is 2.93. The summed E-state index contributed by atoms with van der Waals surface area (Å²) in [5.41, 5.74) is 2.26. The Morgan fingerprint density at radius 1 is 1.25 bits per heavy atom. The van der Waals surface area contributed by atoms with Crippen LogP contribution in [0.25, 0.3) is 16.6 Å². The summed E-state index contributed by atoms with van der Waals surface area (Å²) in [7, 11) is 1.56. The lowest BCUT2D eigenvalue weighted by Gasteiger charge is -2.11. The largest absolute Gasteiger partial charge is 0.496 e. The molecule has 5 heteroatoms. The Morgan fingerprint density at radius 3 is 2.80 bits per heavy atom. The van der Waals surface area contributed by atoms with Crippen LogP contribution in [0.15, 0.2) is 48.8 Å². The van der Waals surface area contributed by atoms with Gasteiger partial charge in [-0.2, -0.15) is 5.10 Å². The van der Waals surface area contributed by atoms with E-state index in [0.29, 0.717) is 11.3 Å². The van der Waals surface area contributed by atoms with Gasteiger partial charge in [0.05, 0.1) is 18.2 Å². The van der Waals surface area contributed by atoms with Gasteiger partial charge in [-0.25, -0.2) is 9.31 Å². The Labute approximate surface area is 115 Å². The van der Waals surface area contributed by atoms with Crippen LogP contribution in [0, 0.1) is 0 Å². The Kier molecular flexibility index (Phi) is 2.87. The number of carbonyl (C=O) groups is 1. The van der Waals surface area contributed by atoms with E-state index in [0.717, 1.165) is 11.1 Å². The van der Waals surface area contributed by atoms with E-state index in [1.165, 1.54) is 0 Å². The first kappa shape index (κ1) is 12.2. The third kappa shape index (κ3) is 1.89. The number of fused-ring (bicyclic) bond motifs is 1. The van der Waals surface area contributed by atoms with Crippen LogP contribution < -0.4 is 4.74 Å². The van der Waals surface area contributed by atoms with Crippen molar-refractivity contribution in [2.24, 2.45) is 0 Å². The number of ether oxygens (including phenoxy) is 1. The van der Waals surface area contributed by atoms with Gasteiger partial charge in [0.25, 0.3) is 0 Å². The van der Waals surface area contributed by atoms with Gasteiger partial charge in [0.2, 0.25) is 0 Å². The molecule has 3 aromatic rings. The van der Waals surface area contributed by atoms with E-state index in [1.807, 2.05) is 18.2 Å². The molecule has 3 rings (SSSR count). The number of nitrogens with zero attached hydrogens (tertiary/aromatic N) is 2. The van der Waals surface area contributed by atoms with E-state index in [2.05, 4.69) is 5.10 Å². The summed E-state index contributed by atoms with van der Waals surface area (Å²) in [6.45, 7) is 0. The SMILES string of the molecule is COc1ccccc1-c1cn2nccc2cc1C(=O)O. The molecule has 2 aromatic heterocycles. The second kappa shape index (κ2) is 4.70. The number of aromatic carboxylic acids is 1. The Morgan fingerprint density at radius 2 is 2.05 bits per heavy atom. The fourth-order valence-corrected chi connectivity index (χ4v) is 2.22. The van der Waals surface area contributed by atoms with E-state index in [1.54, 1.807) is 42.2 Å². The van der Waals surface area contributed by atoms with Crippen molar-refractivity contribution in [1.82, 2.24) is 9.61 Å². The fourth-order valence-electron chi connectivity index (χ4n) is 2.22. The molecule has 0 bridgehead atoms. The van der Waals surface area contributed by atoms with Gasteiger partial charge in [-0.15, -0.1) is 0 Å². The smallest absolute Gasteiger partial charge is 0.336 e. The Hall–Kier alpha value is -2.82. The number of para-hydroxylation sites is 1. The molecule has 0 atom stereocenters. The number of carboxylic acids is 1. The lowest BCUT2D eigenvalue weighted by Crippen LogP contribution is -2.03. The highest BCUT2D eigenvalue weighted by atomic mass is 16.5. The highest BCUT2D eigenvalue weighted by Gasteiger charge is 2.16. The maximum Gasteiger partial charge on any atom is 0.336 e. The van der Waals surface area contributed by atoms with Gasteiger partial charge in [-0.1, -0.05) is 18.2 Å². The number of benzene rings is 1. The molecule has 0 aliphatic rings. The van der Waals surface area contributed by atoms with Crippen LogP contribution in [0.2, 0.25) is 0 Å². The zero-order valence-electron chi connectivity index (χ0n) is 10.8. The predicted octanol–water partition coefficient (Wildman–Crippen LogP) is 2.71. The molecule has 0 unspecified atom stereocenters. The van der Waals surface area contributed by atoms with Crippen molar-refractivity contribution in [3.63, 3.8) is 0 Å². The molecule has 0 aliphatic carbocycles. The van der Waals surface area contributed by atoms with Gasteiger partial charge in [0.1, 0.15) is 5.75 Å². The molecule has 0 aliphatic heterocycles. The summed E-state index contributed by atoms with van der Waals surface area (Å²) in [6, 6.07) is 10.7. The zero-order chi connectivity index (χ0) is 14.1. The molecule has 2 heterocycles. The van der Waals surface area contributed by atoms with Gasteiger partial charge >= 0.3 is 5.97 Å². The van der Waals surface area contributed by atoms with Crippen LogP contribution in [-0.4, -0.2) is 27.8 Å². The number of hydrogen-bond donors (Lipinski definition) is 1. The van der Waals surface area contributed by atoms with Crippen LogP contribution in [0.3, 0.4) is 0 Å². The van der Waals surface area contributed by atoms with Gasteiger partial charge < -0.3 is 9.84 Å². The first-order chi connectivity index (χ1) is 9.70. The highest BCUT2D eigenvalue weighted by molar-refractivity contribution is 5.98. The van der Waals surface area contributed by atoms with E-state index < -0.39 is 5.97 Å². The minimum absolute atomic E-state index is 0.225. The first-order valence-electron chi connectivity index (χ1n) is 6.05. The normalized spacial score (nSPS) is 10.7. The predicted molar refractivity (Wildman–Crippen MR) is 74.1 cm³/mol.